The minimum Gasteiger partial charge on any atom is -0.336 e. The Balaban J connectivity index is 1.45. The Labute approximate surface area is 155 Å². The van der Waals surface area contributed by atoms with Crippen molar-refractivity contribution in [3.05, 3.63) is 17.0 Å². The Morgan fingerprint density at radius 2 is 1.92 bits per heavy atom. The predicted molar refractivity (Wildman–Crippen MR) is 98.6 cm³/mol. The molecule has 144 valence electrons. The van der Waals surface area contributed by atoms with E-state index in [4.69, 9.17) is 0 Å². The third-order valence-electron chi connectivity index (χ3n) is 6.17. The Hall–Kier alpha value is -1.41. The van der Waals surface area contributed by atoms with E-state index in [2.05, 4.69) is 15.1 Å². The summed E-state index contributed by atoms with van der Waals surface area (Å²) in [6.45, 7) is 6.34. The van der Waals surface area contributed by atoms with E-state index >= 15 is 0 Å². The number of aryl methyl sites for hydroxylation is 2. The average molecular weight is 381 g/mol. The van der Waals surface area contributed by atoms with Crippen molar-refractivity contribution in [2.45, 2.75) is 51.6 Å². The van der Waals surface area contributed by atoms with Crippen LogP contribution in [0.1, 0.15) is 36.2 Å². The monoisotopic (exact) mass is 380 g/mol. The number of nitrogens with zero attached hydrogens (tertiary/aromatic N) is 3. The molecule has 1 N–H and O–H groups in total. The summed E-state index contributed by atoms with van der Waals surface area (Å²) >= 11 is 0. The number of H-pyrrole nitrogens is 1. The maximum atomic E-state index is 12.9. The fraction of sp³-hybridized carbons (Fsp3) is 0.778. The molecule has 0 radical (unpaired) electrons. The fourth-order valence-corrected chi connectivity index (χ4v) is 6.52. The summed E-state index contributed by atoms with van der Waals surface area (Å²) in [6.07, 6.45) is 3.58. The van der Waals surface area contributed by atoms with Gasteiger partial charge in [-0.3, -0.25) is 14.8 Å². The zero-order valence-electron chi connectivity index (χ0n) is 15.6. The highest BCUT2D eigenvalue weighted by atomic mass is 32.2. The first-order valence-electron chi connectivity index (χ1n) is 9.58. The number of hydrogen-bond acceptors (Lipinski definition) is 5. The second-order valence-corrected chi connectivity index (χ2v) is 10.3. The van der Waals surface area contributed by atoms with Crippen LogP contribution in [-0.4, -0.2) is 77.5 Å². The Morgan fingerprint density at radius 3 is 2.58 bits per heavy atom. The van der Waals surface area contributed by atoms with E-state index in [0.29, 0.717) is 19.4 Å². The van der Waals surface area contributed by atoms with E-state index in [-0.39, 0.29) is 29.5 Å². The second kappa shape index (κ2) is 6.64. The smallest absolute Gasteiger partial charge is 0.223 e. The molecule has 4 rings (SSSR count). The molecule has 3 fully saturated rings. The van der Waals surface area contributed by atoms with Crippen LogP contribution in [-0.2, 0) is 21.1 Å². The van der Waals surface area contributed by atoms with Gasteiger partial charge < -0.3 is 4.90 Å². The number of piperazine rings is 1. The molecule has 2 aliphatic heterocycles. The lowest BCUT2D eigenvalue weighted by molar-refractivity contribution is -0.137. The summed E-state index contributed by atoms with van der Waals surface area (Å²) in [5, 5.41) is 7.14. The number of aromatic nitrogens is 2. The molecule has 2 saturated heterocycles. The predicted octanol–water partition coefficient (Wildman–Crippen LogP) is 0.679. The summed E-state index contributed by atoms with van der Waals surface area (Å²) in [5.41, 5.74) is 3.04. The fourth-order valence-electron chi connectivity index (χ4n) is 4.51. The summed E-state index contributed by atoms with van der Waals surface area (Å²) in [5.74, 6) is 1.12. The Kier molecular flexibility index (Phi) is 4.59. The molecule has 3 heterocycles. The summed E-state index contributed by atoms with van der Waals surface area (Å²) in [7, 11) is -3.07. The van der Waals surface area contributed by atoms with Crippen molar-refractivity contribution in [2.24, 2.45) is 5.92 Å². The number of rotatable bonds is 5. The topological polar surface area (TPSA) is 86.4 Å². The Bertz CT molecular complexity index is 780. The number of carbonyl (C=O) groups excluding carboxylic acids is 1. The van der Waals surface area contributed by atoms with Gasteiger partial charge in [0, 0.05) is 37.8 Å². The van der Waals surface area contributed by atoms with Gasteiger partial charge in [0.05, 0.1) is 23.2 Å². The first-order valence-corrected chi connectivity index (χ1v) is 11.4. The van der Waals surface area contributed by atoms with Crippen LogP contribution in [0.4, 0.5) is 0 Å². The third-order valence-corrected chi connectivity index (χ3v) is 7.87. The lowest BCUT2D eigenvalue weighted by Gasteiger charge is -2.44. The van der Waals surface area contributed by atoms with Crippen LogP contribution in [0.15, 0.2) is 0 Å². The van der Waals surface area contributed by atoms with Crippen LogP contribution in [0.5, 0.6) is 0 Å². The number of aromatic amines is 1. The zero-order chi connectivity index (χ0) is 18.5. The molecular weight excluding hydrogens is 352 g/mol. The highest BCUT2D eigenvalue weighted by Gasteiger charge is 2.48. The number of sulfone groups is 1. The number of amides is 1. The van der Waals surface area contributed by atoms with Crippen molar-refractivity contribution in [2.75, 3.05) is 31.1 Å². The first kappa shape index (κ1) is 18.0. The van der Waals surface area contributed by atoms with Crippen LogP contribution in [0.25, 0.3) is 0 Å². The van der Waals surface area contributed by atoms with Gasteiger partial charge in [0.15, 0.2) is 9.84 Å². The van der Waals surface area contributed by atoms with E-state index in [1.54, 1.807) is 0 Å². The number of fused-ring (bicyclic) bond motifs is 1. The van der Waals surface area contributed by atoms with E-state index in [1.165, 1.54) is 12.8 Å². The van der Waals surface area contributed by atoms with Crippen LogP contribution in [0.3, 0.4) is 0 Å². The maximum Gasteiger partial charge on any atom is 0.223 e. The number of carbonyl (C=O) groups is 1. The van der Waals surface area contributed by atoms with Crippen molar-refractivity contribution >= 4 is 15.7 Å². The standard InChI is InChI=1S/C18H28N4O3S/c1-12-15(13(2)20-19-12)5-6-18(23)22-8-7-21(9-14-3-4-14)16-10-26(24,25)11-17(16)22/h14,16-17H,3-11H2,1-2H3,(H,19,20)/t16-,17+/m1/s1. The molecule has 7 nitrogen and oxygen atoms in total. The van der Waals surface area contributed by atoms with Crippen LogP contribution in [0.2, 0.25) is 0 Å². The molecule has 1 aromatic heterocycles. The summed E-state index contributed by atoms with van der Waals surface area (Å²) in [6, 6.07) is -0.192. The second-order valence-electron chi connectivity index (χ2n) is 8.15. The van der Waals surface area contributed by atoms with Crippen molar-refractivity contribution in [1.29, 1.82) is 0 Å². The SMILES string of the molecule is Cc1n[nH]c(C)c1CCC(=O)N1CCN(CC2CC2)[C@@H]2CS(=O)(=O)C[C@@H]21. The van der Waals surface area contributed by atoms with Crippen molar-refractivity contribution in [3.63, 3.8) is 0 Å². The minimum absolute atomic E-state index is 0.0179. The van der Waals surface area contributed by atoms with Crippen molar-refractivity contribution < 1.29 is 13.2 Å². The third kappa shape index (κ3) is 3.53. The highest BCUT2D eigenvalue weighted by molar-refractivity contribution is 7.91. The largest absolute Gasteiger partial charge is 0.336 e. The molecule has 1 aliphatic carbocycles. The van der Waals surface area contributed by atoms with E-state index < -0.39 is 9.84 Å². The quantitative estimate of drug-likeness (QED) is 0.812. The van der Waals surface area contributed by atoms with Gasteiger partial charge in [0.25, 0.3) is 0 Å². The molecule has 1 aromatic rings. The van der Waals surface area contributed by atoms with E-state index in [1.807, 2.05) is 18.7 Å². The molecule has 0 spiro atoms. The molecule has 1 amide bonds. The normalized spacial score (nSPS) is 28.3. The summed E-state index contributed by atoms with van der Waals surface area (Å²) < 4.78 is 24.5. The average Bonchev–Trinajstić information content (AvgIpc) is 3.25. The van der Waals surface area contributed by atoms with Gasteiger partial charge in [-0.25, -0.2) is 8.42 Å². The molecule has 1 saturated carbocycles. The summed E-state index contributed by atoms with van der Waals surface area (Å²) in [4.78, 5) is 17.1. The van der Waals surface area contributed by atoms with Gasteiger partial charge in [-0.15, -0.1) is 0 Å². The molecule has 8 heteroatoms. The van der Waals surface area contributed by atoms with Crippen LogP contribution in [0, 0.1) is 19.8 Å². The molecular formula is C18H28N4O3S. The van der Waals surface area contributed by atoms with Crippen molar-refractivity contribution in [3.8, 4) is 0 Å². The van der Waals surface area contributed by atoms with Crippen LogP contribution >= 0.6 is 0 Å². The molecule has 3 aliphatic rings. The van der Waals surface area contributed by atoms with Gasteiger partial charge in [-0.1, -0.05) is 0 Å². The van der Waals surface area contributed by atoms with E-state index in [9.17, 15) is 13.2 Å². The molecule has 26 heavy (non-hydrogen) atoms. The first-order chi connectivity index (χ1) is 12.3. The van der Waals surface area contributed by atoms with Crippen molar-refractivity contribution in [1.82, 2.24) is 20.0 Å². The molecule has 0 bridgehead atoms. The minimum atomic E-state index is -3.07. The van der Waals surface area contributed by atoms with Gasteiger partial charge >= 0.3 is 0 Å². The molecule has 0 unspecified atom stereocenters. The Morgan fingerprint density at radius 1 is 1.19 bits per heavy atom. The number of nitrogens with one attached hydrogen (secondary N) is 1. The highest BCUT2D eigenvalue weighted by Crippen LogP contribution is 2.34. The molecule has 2 atom stereocenters. The van der Waals surface area contributed by atoms with Gasteiger partial charge in [-0.2, -0.15) is 5.10 Å². The zero-order valence-corrected chi connectivity index (χ0v) is 16.4. The van der Waals surface area contributed by atoms with Gasteiger partial charge in [0.2, 0.25) is 5.91 Å². The van der Waals surface area contributed by atoms with E-state index in [0.717, 1.165) is 36.0 Å². The number of hydrogen-bond donors (Lipinski definition) is 1. The van der Waals surface area contributed by atoms with Crippen LogP contribution < -0.4 is 0 Å². The maximum absolute atomic E-state index is 12.9. The lowest BCUT2D eigenvalue weighted by atomic mass is 10.0. The van der Waals surface area contributed by atoms with Gasteiger partial charge in [-0.05, 0) is 44.6 Å². The molecule has 0 aromatic carbocycles. The van der Waals surface area contributed by atoms with Gasteiger partial charge in [0.1, 0.15) is 0 Å². The lowest BCUT2D eigenvalue weighted by Crippen LogP contribution is -2.60.